The largest absolute Gasteiger partial charge is 0.500 e. The zero-order valence-electron chi connectivity index (χ0n) is 14.5. The SMILES string of the molecule is COc1cc(/C=N\n2c(=S)[nH]nc(C(C)(C)C)c2=O)cc([N+](=O)[O-])c1O. The number of aromatic amines is 1. The van der Waals surface area contributed by atoms with Gasteiger partial charge < -0.3 is 9.84 Å². The first-order chi connectivity index (χ1) is 12.1. The summed E-state index contributed by atoms with van der Waals surface area (Å²) in [5, 5.41) is 31.3. The molecule has 2 N–H and O–H groups in total. The third kappa shape index (κ3) is 3.77. The lowest BCUT2D eigenvalue weighted by Gasteiger charge is -2.16. The molecule has 0 aliphatic carbocycles. The quantitative estimate of drug-likeness (QED) is 0.359. The monoisotopic (exact) mass is 379 g/mol. The minimum absolute atomic E-state index is 0.0282. The number of methoxy groups -OCH3 is 1. The molecule has 1 aromatic heterocycles. The van der Waals surface area contributed by atoms with E-state index in [1.54, 1.807) is 0 Å². The minimum atomic E-state index is -0.752. The van der Waals surface area contributed by atoms with Gasteiger partial charge in [-0.05, 0) is 18.3 Å². The van der Waals surface area contributed by atoms with Crippen molar-refractivity contribution in [1.82, 2.24) is 14.9 Å². The lowest BCUT2D eigenvalue weighted by molar-refractivity contribution is -0.386. The average molecular weight is 379 g/mol. The Hall–Kier alpha value is -3.08. The normalized spacial score (nSPS) is 11.7. The third-order valence-electron chi connectivity index (χ3n) is 3.38. The lowest BCUT2D eigenvalue weighted by Crippen LogP contribution is -2.32. The van der Waals surface area contributed by atoms with Gasteiger partial charge in [0.2, 0.25) is 10.5 Å². The average Bonchev–Trinajstić information content (AvgIpc) is 2.54. The number of nitro groups is 1. The number of nitrogens with zero attached hydrogens (tertiary/aromatic N) is 4. The molecule has 2 rings (SSSR count). The van der Waals surface area contributed by atoms with Crippen molar-refractivity contribution in [3.05, 3.63) is 48.6 Å². The van der Waals surface area contributed by atoms with Gasteiger partial charge in [-0.3, -0.25) is 20.0 Å². The van der Waals surface area contributed by atoms with Crippen molar-refractivity contribution in [3.63, 3.8) is 0 Å². The van der Waals surface area contributed by atoms with Gasteiger partial charge in [0, 0.05) is 17.0 Å². The number of aromatic hydroxyl groups is 1. The fraction of sp³-hybridized carbons (Fsp3) is 0.333. The summed E-state index contributed by atoms with van der Waals surface area (Å²) in [6.07, 6.45) is 1.20. The highest BCUT2D eigenvalue weighted by Crippen LogP contribution is 2.36. The molecule has 0 saturated carbocycles. The maximum atomic E-state index is 12.5. The number of phenols is 1. The Kier molecular flexibility index (Phi) is 5.21. The summed E-state index contributed by atoms with van der Waals surface area (Å²) in [6.45, 7) is 5.45. The molecular weight excluding hydrogens is 362 g/mol. The number of hydrogen-bond acceptors (Lipinski definition) is 8. The summed E-state index contributed by atoms with van der Waals surface area (Å²) in [6, 6.07) is 2.44. The second-order valence-electron chi connectivity index (χ2n) is 6.34. The molecule has 1 aromatic carbocycles. The van der Waals surface area contributed by atoms with Crippen LogP contribution in [-0.2, 0) is 5.41 Å². The zero-order valence-corrected chi connectivity index (χ0v) is 15.3. The minimum Gasteiger partial charge on any atom is -0.500 e. The van der Waals surface area contributed by atoms with E-state index in [1.807, 2.05) is 20.8 Å². The molecule has 0 radical (unpaired) electrons. The van der Waals surface area contributed by atoms with Gasteiger partial charge in [-0.2, -0.15) is 14.9 Å². The smallest absolute Gasteiger partial charge is 0.315 e. The zero-order chi connectivity index (χ0) is 19.6. The molecule has 26 heavy (non-hydrogen) atoms. The molecular formula is C15H17N5O5S. The van der Waals surface area contributed by atoms with Gasteiger partial charge in [-0.15, -0.1) is 0 Å². The first-order valence-corrected chi connectivity index (χ1v) is 7.79. The molecule has 138 valence electrons. The fourth-order valence-electron chi connectivity index (χ4n) is 2.09. The number of phenolic OH excluding ortho intramolecular Hbond substituents is 1. The van der Waals surface area contributed by atoms with Gasteiger partial charge in [0.1, 0.15) is 5.69 Å². The second kappa shape index (κ2) is 7.04. The van der Waals surface area contributed by atoms with Crippen molar-refractivity contribution >= 4 is 24.1 Å². The predicted octanol–water partition coefficient (Wildman–Crippen LogP) is 2.10. The van der Waals surface area contributed by atoms with E-state index in [2.05, 4.69) is 15.3 Å². The maximum Gasteiger partial charge on any atom is 0.315 e. The molecule has 0 fully saturated rings. The van der Waals surface area contributed by atoms with Crippen LogP contribution >= 0.6 is 12.2 Å². The number of ether oxygens (including phenoxy) is 1. The predicted molar refractivity (Wildman–Crippen MR) is 96.7 cm³/mol. The van der Waals surface area contributed by atoms with Crippen LogP contribution in [0.3, 0.4) is 0 Å². The molecule has 0 spiro atoms. The van der Waals surface area contributed by atoms with Crippen LogP contribution < -0.4 is 10.3 Å². The summed E-state index contributed by atoms with van der Waals surface area (Å²) < 4.78 is 5.83. The Morgan fingerprint density at radius 1 is 1.46 bits per heavy atom. The van der Waals surface area contributed by atoms with E-state index in [-0.39, 0.29) is 21.8 Å². The summed E-state index contributed by atoms with van der Waals surface area (Å²) in [5.74, 6) is -0.689. The van der Waals surface area contributed by atoms with E-state index in [1.165, 1.54) is 19.4 Å². The van der Waals surface area contributed by atoms with Crippen molar-refractivity contribution in [3.8, 4) is 11.5 Å². The van der Waals surface area contributed by atoms with Crippen molar-refractivity contribution in [1.29, 1.82) is 0 Å². The van der Waals surface area contributed by atoms with Crippen molar-refractivity contribution in [2.45, 2.75) is 26.2 Å². The Morgan fingerprint density at radius 2 is 2.12 bits per heavy atom. The molecule has 11 heteroatoms. The number of aromatic nitrogens is 3. The van der Waals surface area contributed by atoms with E-state index in [9.17, 15) is 20.0 Å². The Morgan fingerprint density at radius 3 is 2.65 bits per heavy atom. The fourth-order valence-corrected chi connectivity index (χ4v) is 2.27. The van der Waals surface area contributed by atoms with E-state index >= 15 is 0 Å². The summed E-state index contributed by atoms with van der Waals surface area (Å²) in [7, 11) is 1.26. The van der Waals surface area contributed by atoms with Crippen molar-refractivity contribution < 1.29 is 14.8 Å². The first-order valence-electron chi connectivity index (χ1n) is 7.38. The standard InChI is InChI=1S/C15H17N5O5S/c1-15(2,3)12-13(22)19(14(26)18-17-12)16-7-8-5-9(20(23)24)11(21)10(6-8)25-4/h5-7,21H,1-4H3,(H,18,26)/b16-7-. The van der Waals surface area contributed by atoms with Crippen LogP contribution in [0.5, 0.6) is 11.5 Å². The van der Waals surface area contributed by atoms with Gasteiger partial charge in [0.25, 0.3) is 5.56 Å². The highest BCUT2D eigenvalue weighted by atomic mass is 32.1. The van der Waals surface area contributed by atoms with E-state index < -0.39 is 27.3 Å². The maximum absolute atomic E-state index is 12.5. The third-order valence-corrected chi connectivity index (χ3v) is 3.64. The molecule has 2 aromatic rings. The van der Waals surface area contributed by atoms with Gasteiger partial charge in [0.15, 0.2) is 5.75 Å². The summed E-state index contributed by atoms with van der Waals surface area (Å²) >= 11 is 5.03. The topological polar surface area (TPSA) is 136 Å². The van der Waals surface area contributed by atoms with Gasteiger partial charge in [0.05, 0.1) is 18.2 Å². The Balaban J connectivity index is 2.58. The van der Waals surface area contributed by atoms with Crippen molar-refractivity contribution in [2.24, 2.45) is 5.10 Å². The molecule has 10 nitrogen and oxygen atoms in total. The highest BCUT2D eigenvalue weighted by molar-refractivity contribution is 7.71. The number of nitro benzene ring substituents is 1. The summed E-state index contributed by atoms with van der Waals surface area (Å²) in [5.41, 5.74) is -1.11. The second-order valence-corrected chi connectivity index (χ2v) is 6.72. The first kappa shape index (κ1) is 19.2. The molecule has 0 bridgehead atoms. The molecule has 0 unspecified atom stereocenters. The van der Waals surface area contributed by atoms with Gasteiger partial charge >= 0.3 is 5.69 Å². The molecule has 0 aliphatic rings. The molecule has 0 aliphatic heterocycles. The van der Waals surface area contributed by atoms with Gasteiger partial charge in [-0.25, -0.2) is 0 Å². The van der Waals surface area contributed by atoms with Crippen LogP contribution in [0.25, 0.3) is 0 Å². The lowest BCUT2D eigenvalue weighted by atomic mass is 9.93. The molecule has 1 heterocycles. The number of rotatable bonds is 4. The van der Waals surface area contributed by atoms with Crippen LogP contribution in [0, 0.1) is 14.9 Å². The van der Waals surface area contributed by atoms with E-state index in [0.717, 1.165) is 10.7 Å². The molecule has 0 atom stereocenters. The van der Waals surface area contributed by atoms with Gasteiger partial charge in [-0.1, -0.05) is 20.8 Å². The number of benzene rings is 1. The number of hydrogen-bond donors (Lipinski definition) is 2. The van der Waals surface area contributed by atoms with Crippen molar-refractivity contribution in [2.75, 3.05) is 7.11 Å². The molecule has 0 saturated heterocycles. The highest BCUT2D eigenvalue weighted by Gasteiger charge is 2.22. The Bertz CT molecular complexity index is 1000. The number of H-pyrrole nitrogens is 1. The van der Waals surface area contributed by atoms with Crippen LogP contribution in [0.15, 0.2) is 22.0 Å². The van der Waals surface area contributed by atoms with Crippen LogP contribution in [-0.4, -0.2) is 38.2 Å². The van der Waals surface area contributed by atoms with Crippen LogP contribution in [0.4, 0.5) is 5.69 Å². The Labute approximate surface area is 152 Å². The van der Waals surface area contributed by atoms with E-state index in [0.29, 0.717) is 0 Å². The number of nitrogens with one attached hydrogen (secondary N) is 1. The van der Waals surface area contributed by atoms with E-state index in [4.69, 9.17) is 17.0 Å². The van der Waals surface area contributed by atoms with Crippen LogP contribution in [0.2, 0.25) is 0 Å². The molecule has 0 amide bonds. The van der Waals surface area contributed by atoms with Crippen LogP contribution in [0.1, 0.15) is 32.0 Å². The summed E-state index contributed by atoms with van der Waals surface area (Å²) in [4.78, 5) is 22.8.